The van der Waals surface area contributed by atoms with E-state index in [1.165, 1.54) is 12.1 Å². The van der Waals surface area contributed by atoms with Gasteiger partial charge in [-0.25, -0.2) is 4.98 Å². The van der Waals surface area contributed by atoms with Gasteiger partial charge in [0, 0.05) is 28.4 Å². The van der Waals surface area contributed by atoms with E-state index in [9.17, 15) is 14.3 Å². The topological polar surface area (TPSA) is 62.2 Å². The van der Waals surface area contributed by atoms with Crippen molar-refractivity contribution in [1.82, 2.24) is 10.3 Å². The summed E-state index contributed by atoms with van der Waals surface area (Å²) >= 11 is 11.7. The number of aliphatic hydroxyl groups is 1. The summed E-state index contributed by atoms with van der Waals surface area (Å²) in [5.41, 5.74) is 0.657. The van der Waals surface area contributed by atoms with Crippen LogP contribution in [-0.4, -0.2) is 22.5 Å². The van der Waals surface area contributed by atoms with Crippen LogP contribution in [-0.2, 0) is 0 Å². The van der Waals surface area contributed by atoms with E-state index in [2.05, 4.69) is 10.3 Å². The van der Waals surface area contributed by atoms with Crippen LogP contribution < -0.4 is 5.32 Å². The van der Waals surface area contributed by atoms with Gasteiger partial charge in [0.2, 0.25) is 5.95 Å². The number of carbonyl (C=O) groups excluding carboxylic acids is 1. The Morgan fingerprint density at radius 3 is 2.71 bits per heavy atom. The van der Waals surface area contributed by atoms with Gasteiger partial charge in [0.05, 0.1) is 11.7 Å². The zero-order valence-electron chi connectivity index (χ0n) is 10.7. The van der Waals surface area contributed by atoms with Crippen LogP contribution in [0.5, 0.6) is 0 Å². The van der Waals surface area contributed by atoms with Crippen LogP contribution in [0.25, 0.3) is 0 Å². The van der Waals surface area contributed by atoms with Crippen molar-refractivity contribution in [3.8, 4) is 0 Å². The van der Waals surface area contributed by atoms with Crippen LogP contribution in [0, 0.1) is 5.95 Å². The lowest BCUT2D eigenvalue weighted by Gasteiger charge is -2.14. The number of pyridine rings is 1. The molecule has 2 rings (SSSR count). The maximum Gasteiger partial charge on any atom is 0.252 e. The lowest BCUT2D eigenvalue weighted by molar-refractivity contribution is 0.0916. The normalized spacial score (nSPS) is 12.0. The average Bonchev–Trinajstić information content (AvgIpc) is 2.45. The van der Waals surface area contributed by atoms with Crippen molar-refractivity contribution in [1.29, 1.82) is 0 Å². The van der Waals surface area contributed by atoms with Gasteiger partial charge in [0.15, 0.2) is 0 Å². The molecule has 0 saturated heterocycles. The summed E-state index contributed by atoms with van der Waals surface area (Å²) in [6, 6.07) is 7.08. The predicted molar refractivity (Wildman–Crippen MR) is 78.0 cm³/mol. The molecule has 21 heavy (non-hydrogen) atoms. The fraction of sp³-hybridized carbons (Fsp3) is 0.143. The van der Waals surface area contributed by atoms with E-state index >= 15 is 0 Å². The molecule has 0 aliphatic heterocycles. The molecule has 1 unspecified atom stereocenters. The number of hydrogen-bond acceptors (Lipinski definition) is 3. The Morgan fingerprint density at radius 1 is 1.33 bits per heavy atom. The second kappa shape index (κ2) is 6.85. The van der Waals surface area contributed by atoms with Crippen molar-refractivity contribution >= 4 is 29.1 Å². The molecule has 1 amide bonds. The molecule has 0 fully saturated rings. The zero-order valence-corrected chi connectivity index (χ0v) is 12.2. The third kappa shape index (κ3) is 4.14. The second-order valence-corrected chi connectivity index (χ2v) is 5.10. The first-order valence-corrected chi connectivity index (χ1v) is 6.75. The van der Waals surface area contributed by atoms with Gasteiger partial charge < -0.3 is 10.4 Å². The minimum atomic E-state index is -0.980. The number of amides is 1. The van der Waals surface area contributed by atoms with Gasteiger partial charge in [-0.05, 0) is 24.3 Å². The third-order valence-electron chi connectivity index (χ3n) is 2.77. The Labute approximate surface area is 130 Å². The van der Waals surface area contributed by atoms with Crippen molar-refractivity contribution in [3.63, 3.8) is 0 Å². The molecule has 2 N–H and O–H groups in total. The smallest absolute Gasteiger partial charge is 0.252 e. The molecule has 0 radical (unpaired) electrons. The lowest BCUT2D eigenvalue weighted by Crippen LogP contribution is -2.28. The maximum absolute atomic E-state index is 12.7. The molecule has 1 aromatic carbocycles. The Kier molecular flexibility index (Phi) is 5.12. The number of carbonyl (C=O) groups is 1. The molecule has 0 aliphatic rings. The van der Waals surface area contributed by atoms with Crippen LogP contribution in [0.4, 0.5) is 4.39 Å². The Bertz CT molecular complexity index is 650. The van der Waals surface area contributed by atoms with E-state index in [1.54, 1.807) is 12.1 Å². The highest BCUT2D eigenvalue weighted by Gasteiger charge is 2.14. The van der Waals surface area contributed by atoms with Gasteiger partial charge in [-0.15, -0.1) is 0 Å². The van der Waals surface area contributed by atoms with Gasteiger partial charge >= 0.3 is 0 Å². The summed E-state index contributed by atoms with van der Waals surface area (Å²) in [5, 5.41) is 13.3. The molecule has 7 heteroatoms. The minimum absolute atomic E-state index is 0.0441. The number of halogens is 3. The fourth-order valence-electron chi connectivity index (χ4n) is 1.68. The molecule has 1 aromatic heterocycles. The van der Waals surface area contributed by atoms with Crippen LogP contribution in [0.1, 0.15) is 22.0 Å². The molecule has 1 atom stereocenters. The number of aromatic nitrogens is 1. The summed E-state index contributed by atoms with van der Waals surface area (Å²) < 4.78 is 12.7. The average molecular weight is 329 g/mol. The molecule has 0 saturated carbocycles. The minimum Gasteiger partial charge on any atom is -0.387 e. The number of nitrogens with zero attached hydrogens (tertiary/aromatic N) is 1. The number of aliphatic hydroxyl groups excluding tert-OH is 1. The molecular formula is C14H11Cl2FN2O2. The molecular weight excluding hydrogens is 318 g/mol. The van der Waals surface area contributed by atoms with E-state index in [0.29, 0.717) is 15.6 Å². The number of hydrogen-bond donors (Lipinski definition) is 2. The van der Waals surface area contributed by atoms with Gasteiger partial charge in [0.1, 0.15) is 0 Å². The maximum atomic E-state index is 12.7. The SMILES string of the molecule is O=C(NCC(O)c1ccc(Cl)cc1Cl)c1ccc(F)nc1. The molecule has 0 spiro atoms. The highest BCUT2D eigenvalue weighted by atomic mass is 35.5. The number of rotatable bonds is 4. The summed E-state index contributed by atoms with van der Waals surface area (Å²) in [7, 11) is 0. The highest BCUT2D eigenvalue weighted by molar-refractivity contribution is 6.35. The largest absolute Gasteiger partial charge is 0.387 e. The summed E-state index contributed by atoms with van der Waals surface area (Å²) in [4.78, 5) is 15.2. The van der Waals surface area contributed by atoms with E-state index in [4.69, 9.17) is 23.2 Å². The van der Waals surface area contributed by atoms with Crippen LogP contribution in [0.2, 0.25) is 10.0 Å². The first kappa shape index (κ1) is 15.7. The molecule has 1 heterocycles. The summed E-state index contributed by atoms with van der Waals surface area (Å²) in [6.07, 6.45) is 0.138. The standard InChI is InChI=1S/C14H11Cl2FN2O2/c15-9-2-3-10(11(16)5-9)12(20)7-19-14(21)8-1-4-13(17)18-6-8/h1-6,12,20H,7H2,(H,19,21). The predicted octanol–water partition coefficient (Wildman–Crippen LogP) is 2.99. The van der Waals surface area contributed by atoms with E-state index in [-0.39, 0.29) is 12.1 Å². The van der Waals surface area contributed by atoms with Crippen molar-refractivity contribution in [2.75, 3.05) is 6.54 Å². The van der Waals surface area contributed by atoms with Crippen molar-refractivity contribution in [2.45, 2.75) is 6.10 Å². The van der Waals surface area contributed by atoms with E-state index < -0.39 is 18.0 Å². The number of nitrogens with one attached hydrogen (secondary N) is 1. The van der Waals surface area contributed by atoms with Crippen molar-refractivity contribution in [3.05, 3.63) is 63.6 Å². The van der Waals surface area contributed by atoms with Gasteiger partial charge in [-0.3, -0.25) is 4.79 Å². The zero-order chi connectivity index (χ0) is 15.4. The third-order valence-corrected chi connectivity index (χ3v) is 3.33. The fourth-order valence-corrected chi connectivity index (χ4v) is 2.22. The highest BCUT2D eigenvalue weighted by Crippen LogP contribution is 2.25. The molecule has 4 nitrogen and oxygen atoms in total. The Balaban J connectivity index is 1.98. The van der Waals surface area contributed by atoms with Crippen LogP contribution >= 0.6 is 23.2 Å². The number of benzene rings is 1. The molecule has 110 valence electrons. The molecule has 0 aliphatic carbocycles. The van der Waals surface area contributed by atoms with Crippen molar-refractivity contribution < 1.29 is 14.3 Å². The van der Waals surface area contributed by atoms with Crippen LogP contribution in [0.15, 0.2) is 36.5 Å². The Morgan fingerprint density at radius 2 is 2.10 bits per heavy atom. The second-order valence-electron chi connectivity index (χ2n) is 4.26. The van der Waals surface area contributed by atoms with Crippen LogP contribution in [0.3, 0.4) is 0 Å². The molecule has 2 aromatic rings. The van der Waals surface area contributed by atoms with E-state index in [1.807, 2.05) is 0 Å². The quantitative estimate of drug-likeness (QED) is 0.848. The summed E-state index contributed by atoms with van der Waals surface area (Å²) in [6.45, 7) is -0.0441. The summed E-state index contributed by atoms with van der Waals surface area (Å²) in [5.74, 6) is -1.13. The molecule has 0 bridgehead atoms. The first-order chi connectivity index (χ1) is 9.97. The van der Waals surface area contributed by atoms with E-state index in [0.717, 1.165) is 12.3 Å². The van der Waals surface area contributed by atoms with Gasteiger partial charge in [-0.2, -0.15) is 4.39 Å². The lowest BCUT2D eigenvalue weighted by atomic mass is 10.1. The first-order valence-electron chi connectivity index (χ1n) is 6.00. The monoisotopic (exact) mass is 328 g/mol. The van der Waals surface area contributed by atoms with Crippen molar-refractivity contribution in [2.24, 2.45) is 0 Å². The Hall–Kier alpha value is -1.69. The van der Waals surface area contributed by atoms with Gasteiger partial charge in [-0.1, -0.05) is 29.3 Å². The van der Waals surface area contributed by atoms with Gasteiger partial charge in [0.25, 0.3) is 5.91 Å².